The van der Waals surface area contributed by atoms with E-state index >= 15 is 0 Å². The van der Waals surface area contributed by atoms with Crippen molar-refractivity contribution in [2.75, 3.05) is 6.54 Å². The van der Waals surface area contributed by atoms with Crippen molar-refractivity contribution in [3.05, 3.63) is 76.9 Å². The lowest BCUT2D eigenvalue weighted by molar-refractivity contribution is 0.0399. The Kier molecular flexibility index (Phi) is 5.01. The molecule has 1 atom stereocenters. The predicted octanol–water partition coefficient (Wildman–Crippen LogP) is 4.07. The molecule has 5 rings (SSSR count). The first kappa shape index (κ1) is 18.9. The lowest BCUT2D eigenvalue weighted by Gasteiger charge is -2.34. The monoisotopic (exact) mass is 403 g/mol. The van der Waals surface area contributed by atoms with E-state index in [1.165, 1.54) is 11.1 Å². The molecule has 6 heteroatoms. The fourth-order valence-electron chi connectivity index (χ4n) is 4.34. The van der Waals surface area contributed by atoms with Crippen molar-refractivity contribution in [1.29, 1.82) is 0 Å². The Morgan fingerprint density at radius 1 is 1.17 bits per heavy atom. The molecule has 2 aliphatic rings. The molecule has 0 saturated carbocycles. The number of aromatic nitrogens is 1. The molecule has 3 aromatic rings. The van der Waals surface area contributed by atoms with Crippen molar-refractivity contribution >= 4 is 6.03 Å². The van der Waals surface area contributed by atoms with Crippen LogP contribution in [0.15, 0.2) is 53.1 Å². The number of amides is 2. The molecule has 0 aliphatic carbocycles. The third-order valence-corrected chi connectivity index (χ3v) is 5.91. The Bertz CT molecular complexity index is 1050. The van der Waals surface area contributed by atoms with Gasteiger partial charge in [-0.05, 0) is 35.7 Å². The molecule has 6 nitrogen and oxygen atoms in total. The topological polar surface area (TPSA) is 67.6 Å². The fraction of sp³-hybridized carbons (Fsp3) is 0.333. The standard InChI is InChI=1S/C24H25N3O3/c1-16-12-19-21(15-30-16)20-14-27(24(28)25-13-18-8-5-11-29-18)10-9-22(20)26-23(19)17-6-3-2-4-7-17/h2-8,11,16H,9-10,12-15H2,1H3,(H,25,28)/t16-/m0/s1. The van der Waals surface area contributed by atoms with E-state index in [-0.39, 0.29) is 12.1 Å². The number of pyridine rings is 1. The summed E-state index contributed by atoms with van der Waals surface area (Å²) < 4.78 is 11.3. The number of nitrogens with zero attached hydrogens (tertiary/aromatic N) is 2. The Balaban J connectivity index is 1.44. The van der Waals surface area contributed by atoms with E-state index in [2.05, 4.69) is 36.5 Å². The van der Waals surface area contributed by atoms with Crippen molar-refractivity contribution in [2.45, 2.75) is 45.6 Å². The van der Waals surface area contributed by atoms with Crippen LogP contribution in [0.2, 0.25) is 0 Å². The number of nitrogens with one attached hydrogen (secondary N) is 1. The summed E-state index contributed by atoms with van der Waals surface area (Å²) in [6.45, 7) is 4.27. The van der Waals surface area contributed by atoms with Crippen LogP contribution in [0, 0.1) is 0 Å². The van der Waals surface area contributed by atoms with Gasteiger partial charge >= 0.3 is 6.03 Å². The highest BCUT2D eigenvalue weighted by atomic mass is 16.5. The second-order valence-electron chi connectivity index (χ2n) is 7.94. The summed E-state index contributed by atoms with van der Waals surface area (Å²) in [5.41, 5.74) is 6.91. The van der Waals surface area contributed by atoms with Crippen LogP contribution in [-0.2, 0) is 37.3 Å². The number of benzene rings is 1. The zero-order valence-corrected chi connectivity index (χ0v) is 17.1. The Morgan fingerprint density at radius 2 is 2.03 bits per heavy atom. The van der Waals surface area contributed by atoms with Gasteiger partial charge < -0.3 is 19.4 Å². The van der Waals surface area contributed by atoms with Gasteiger partial charge in [0.2, 0.25) is 0 Å². The first-order valence-electron chi connectivity index (χ1n) is 10.4. The molecular weight excluding hydrogens is 378 g/mol. The van der Waals surface area contributed by atoms with Gasteiger partial charge in [-0.15, -0.1) is 0 Å². The average molecular weight is 403 g/mol. The van der Waals surface area contributed by atoms with Gasteiger partial charge in [-0.25, -0.2) is 4.79 Å². The molecule has 2 aliphatic heterocycles. The molecule has 2 aromatic heterocycles. The van der Waals surface area contributed by atoms with Crippen LogP contribution in [-0.4, -0.2) is 28.6 Å². The first-order chi connectivity index (χ1) is 14.7. The second kappa shape index (κ2) is 7.95. The molecule has 2 amide bonds. The molecule has 0 saturated heterocycles. The maximum absolute atomic E-state index is 12.7. The molecular formula is C24H25N3O3. The van der Waals surface area contributed by atoms with E-state index in [1.54, 1.807) is 6.26 Å². The average Bonchev–Trinajstić information content (AvgIpc) is 3.30. The van der Waals surface area contributed by atoms with Gasteiger partial charge in [0.1, 0.15) is 5.76 Å². The van der Waals surface area contributed by atoms with Crippen LogP contribution in [0.3, 0.4) is 0 Å². The zero-order chi connectivity index (χ0) is 20.5. The first-order valence-corrected chi connectivity index (χ1v) is 10.4. The van der Waals surface area contributed by atoms with Crippen molar-refractivity contribution in [2.24, 2.45) is 0 Å². The van der Waals surface area contributed by atoms with Gasteiger partial charge in [0.25, 0.3) is 0 Å². The number of carbonyl (C=O) groups is 1. The van der Waals surface area contributed by atoms with Gasteiger partial charge in [-0.3, -0.25) is 4.98 Å². The highest BCUT2D eigenvalue weighted by Gasteiger charge is 2.30. The number of fused-ring (bicyclic) bond motifs is 3. The maximum Gasteiger partial charge on any atom is 0.318 e. The minimum Gasteiger partial charge on any atom is -0.467 e. The van der Waals surface area contributed by atoms with Crippen LogP contribution >= 0.6 is 0 Å². The smallest absolute Gasteiger partial charge is 0.318 e. The molecule has 154 valence electrons. The van der Waals surface area contributed by atoms with Crippen molar-refractivity contribution < 1.29 is 13.9 Å². The summed E-state index contributed by atoms with van der Waals surface area (Å²) in [4.78, 5) is 19.7. The van der Waals surface area contributed by atoms with Crippen molar-refractivity contribution in [3.8, 4) is 11.3 Å². The summed E-state index contributed by atoms with van der Waals surface area (Å²) in [7, 11) is 0. The van der Waals surface area contributed by atoms with Crippen LogP contribution in [0.4, 0.5) is 4.79 Å². The van der Waals surface area contributed by atoms with E-state index in [0.717, 1.165) is 41.1 Å². The molecule has 0 radical (unpaired) electrons. The van der Waals surface area contributed by atoms with Crippen molar-refractivity contribution in [1.82, 2.24) is 15.2 Å². The number of carbonyl (C=O) groups excluding carboxylic acids is 1. The second-order valence-corrected chi connectivity index (χ2v) is 7.94. The Morgan fingerprint density at radius 3 is 2.83 bits per heavy atom. The van der Waals surface area contributed by atoms with E-state index in [4.69, 9.17) is 14.1 Å². The van der Waals surface area contributed by atoms with Gasteiger partial charge in [-0.2, -0.15) is 0 Å². The van der Waals surface area contributed by atoms with Crippen LogP contribution in [0.5, 0.6) is 0 Å². The molecule has 0 bridgehead atoms. The molecule has 0 spiro atoms. The van der Waals surface area contributed by atoms with Gasteiger partial charge in [0, 0.05) is 37.2 Å². The van der Waals surface area contributed by atoms with Gasteiger partial charge in [0.05, 0.1) is 31.2 Å². The minimum atomic E-state index is -0.0805. The van der Waals surface area contributed by atoms with Crippen LogP contribution < -0.4 is 5.32 Å². The van der Waals surface area contributed by atoms with E-state index in [9.17, 15) is 4.79 Å². The molecule has 1 aromatic carbocycles. The normalized spacial score (nSPS) is 17.9. The maximum atomic E-state index is 12.7. The van der Waals surface area contributed by atoms with Gasteiger partial charge in [-0.1, -0.05) is 30.3 Å². The predicted molar refractivity (Wildman–Crippen MR) is 113 cm³/mol. The quantitative estimate of drug-likeness (QED) is 0.716. The third kappa shape index (κ3) is 3.59. The number of furan rings is 1. The zero-order valence-electron chi connectivity index (χ0n) is 17.1. The summed E-state index contributed by atoms with van der Waals surface area (Å²) >= 11 is 0. The highest BCUT2D eigenvalue weighted by Crippen LogP contribution is 2.35. The fourth-order valence-corrected chi connectivity index (χ4v) is 4.34. The molecule has 30 heavy (non-hydrogen) atoms. The number of rotatable bonds is 3. The van der Waals surface area contributed by atoms with Crippen LogP contribution in [0.1, 0.15) is 35.1 Å². The van der Waals surface area contributed by atoms with E-state index in [1.807, 2.05) is 23.1 Å². The third-order valence-electron chi connectivity index (χ3n) is 5.91. The molecule has 4 heterocycles. The van der Waals surface area contributed by atoms with Crippen molar-refractivity contribution in [3.63, 3.8) is 0 Å². The van der Waals surface area contributed by atoms with Crippen LogP contribution in [0.25, 0.3) is 11.3 Å². The summed E-state index contributed by atoms with van der Waals surface area (Å²) in [6, 6.07) is 14.0. The number of urea groups is 1. The highest BCUT2D eigenvalue weighted by molar-refractivity contribution is 5.75. The lowest BCUT2D eigenvalue weighted by Crippen LogP contribution is -2.43. The molecule has 0 unspecified atom stereocenters. The Hall–Kier alpha value is -3.12. The minimum absolute atomic E-state index is 0.0805. The molecule has 1 N–H and O–H groups in total. The Labute approximate surface area is 175 Å². The van der Waals surface area contributed by atoms with E-state index < -0.39 is 0 Å². The summed E-state index contributed by atoms with van der Waals surface area (Å²) in [5.74, 6) is 0.745. The summed E-state index contributed by atoms with van der Waals surface area (Å²) in [5, 5.41) is 2.95. The number of ether oxygens (including phenoxy) is 1. The largest absolute Gasteiger partial charge is 0.467 e. The lowest BCUT2D eigenvalue weighted by atomic mass is 9.88. The number of hydrogen-bond acceptors (Lipinski definition) is 4. The SMILES string of the molecule is C[C@H]1Cc2c(-c3ccccc3)nc3c(c2CO1)CN(C(=O)NCc1ccco1)CC3. The van der Waals surface area contributed by atoms with Gasteiger partial charge in [0.15, 0.2) is 0 Å². The molecule has 0 fully saturated rings. The van der Waals surface area contributed by atoms with E-state index in [0.29, 0.717) is 26.2 Å². The number of hydrogen-bond donors (Lipinski definition) is 1. The summed E-state index contributed by atoms with van der Waals surface area (Å²) in [6.07, 6.45) is 3.36.